The Morgan fingerprint density at radius 1 is 0.188 bits per heavy atom. The smallest absolute Gasteiger partial charge is 0.0466 e. The highest BCUT2D eigenvalue weighted by Crippen LogP contribution is 2.00. The number of unbranched alkanes of at least 4 members (excludes halogenated alkanes) is 10. The molecule has 0 radical (unpaired) electrons. The Morgan fingerprint density at radius 2 is 0.297 bits per heavy atom. The largest absolute Gasteiger partial charge is 0.381 e. The zero-order valence-corrected chi connectivity index (χ0v) is 43.3. The van der Waals surface area contributed by atoms with Crippen molar-refractivity contribution in [2.24, 2.45) is 0 Å². The molecule has 0 unspecified atom stereocenters. The molecule has 0 aliphatic heterocycles. The molecule has 0 atom stereocenters. The van der Waals surface area contributed by atoms with E-state index in [2.05, 4.69) is 120 Å². The summed E-state index contributed by atoms with van der Waals surface area (Å²) in [5.41, 5.74) is 0. The van der Waals surface area contributed by atoms with Crippen LogP contribution in [-0.4, -0.2) is 39.6 Å². The molecular formula is C61H158O3. The van der Waals surface area contributed by atoms with E-state index in [1.165, 1.54) is 103 Å². The normalized spacial score (nSPS) is 5.91. The summed E-state index contributed by atoms with van der Waals surface area (Å²) >= 11 is 0. The second-order valence-corrected chi connectivity index (χ2v) is 8.37. The van der Waals surface area contributed by atoms with E-state index < -0.39 is 0 Å². The van der Waals surface area contributed by atoms with Gasteiger partial charge in [0.25, 0.3) is 0 Å². The molecule has 0 saturated heterocycles. The van der Waals surface area contributed by atoms with E-state index in [0.717, 1.165) is 39.6 Å². The van der Waals surface area contributed by atoms with Crippen LogP contribution < -0.4 is 0 Å². The van der Waals surface area contributed by atoms with E-state index in [9.17, 15) is 0 Å². The van der Waals surface area contributed by atoms with Gasteiger partial charge in [-0.2, -0.15) is 0 Å². The van der Waals surface area contributed by atoms with E-state index in [4.69, 9.17) is 14.2 Å². The molecule has 0 saturated carbocycles. The Hall–Kier alpha value is -1.68. The number of ether oxygens (including phenoxy) is 3. The van der Waals surface area contributed by atoms with Gasteiger partial charge in [-0.05, 0) is 38.5 Å². The monoisotopic (exact) mass is 939 g/mol. The first-order valence-corrected chi connectivity index (χ1v) is 23.0. The summed E-state index contributed by atoms with van der Waals surface area (Å²) < 4.78 is 16.2. The lowest BCUT2D eigenvalue weighted by Gasteiger charge is -2.01. The van der Waals surface area contributed by atoms with Crippen molar-refractivity contribution >= 4 is 0 Å². The first kappa shape index (κ1) is 160. The van der Waals surface area contributed by atoms with E-state index in [1.54, 1.807) is 0 Å². The van der Waals surface area contributed by atoms with Crippen molar-refractivity contribution in [2.75, 3.05) is 39.6 Å². The van der Waals surface area contributed by atoms with Crippen LogP contribution in [0, 0.1) is 0 Å². The van der Waals surface area contributed by atoms with Crippen molar-refractivity contribution in [2.45, 2.75) is 294 Å². The first-order chi connectivity index (χ1) is 27.2. The highest BCUT2D eigenvalue weighted by Gasteiger charge is 1.89. The maximum atomic E-state index is 5.42. The summed E-state index contributed by atoms with van der Waals surface area (Å²) in [7, 11) is 0. The van der Waals surface area contributed by atoms with Crippen LogP contribution in [0.2, 0.25) is 0 Å². The van der Waals surface area contributed by atoms with Crippen LogP contribution in [0.1, 0.15) is 294 Å². The van der Waals surface area contributed by atoms with Gasteiger partial charge in [0.1, 0.15) is 0 Å². The predicted molar refractivity (Wildman–Crippen MR) is 337 cm³/mol. The van der Waals surface area contributed by atoms with Crippen LogP contribution >= 0.6 is 0 Å². The zero-order valence-electron chi connectivity index (χ0n) is 43.3. The van der Waals surface area contributed by atoms with Gasteiger partial charge < -0.3 is 14.2 Å². The summed E-state index contributed by atoms with van der Waals surface area (Å²) in [6.45, 7) is 79.0. The second kappa shape index (κ2) is 410. The Labute approximate surface area is 425 Å². The van der Waals surface area contributed by atoms with E-state index >= 15 is 0 Å². The third kappa shape index (κ3) is 514. The van der Waals surface area contributed by atoms with Crippen LogP contribution in [0.3, 0.4) is 0 Å². The highest BCUT2D eigenvalue weighted by molar-refractivity contribution is 4.41. The zero-order chi connectivity index (χ0) is 47.7. The van der Waals surface area contributed by atoms with Crippen LogP contribution in [-0.2, 0) is 14.2 Å². The molecule has 420 valence electrons. The van der Waals surface area contributed by atoms with Crippen molar-refractivity contribution in [3.63, 3.8) is 0 Å². The minimum absolute atomic E-state index is 0. The van der Waals surface area contributed by atoms with Gasteiger partial charge >= 0.3 is 0 Å². The molecule has 0 aliphatic rings. The summed E-state index contributed by atoms with van der Waals surface area (Å²) in [5.74, 6) is 0. The minimum Gasteiger partial charge on any atom is -0.381 e. The molecule has 0 bridgehead atoms. The fraction of sp³-hybridized carbons (Fsp3) is 0.803. The van der Waals surface area contributed by atoms with Crippen molar-refractivity contribution in [3.05, 3.63) is 78.9 Å². The molecule has 64 heavy (non-hydrogen) atoms. The van der Waals surface area contributed by atoms with Crippen LogP contribution in [0.5, 0.6) is 0 Å². The van der Waals surface area contributed by atoms with Crippen molar-refractivity contribution in [3.8, 4) is 0 Å². The third-order valence-electron chi connectivity index (χ3n) is 4.85. The van der Waals surface area contributed by atoms with Gasteiger partial charge in [0.15, 0.2) is 0 Å². The number of hydrogen-bond donors (Lipinski definition) is 0. The second-order valence-electron chi connectivity index (χ2n) is 8.37. The minimum atomic E-state index is 0. The van der Waals surface area contributed by atoms with Gasteiger partial charge in [-0.1, -0.05) is 256 Å². The summed E-state index contributed by atoms with van der Waals surface area (Å²) in [4.78, 5) is 0. The van der Waals surface area contributed by atoms with Crippen LogP contribution in [0.25, 0.3) is 0 Å². The molecule has 0 fully saturated rings. The molecule has 0 aliphatic carbocycles. The molecule has 0 aromatic rings. The quantitative estimate of drug-likeness (QED) is 0.0800. The molecule has 0 N–H and O–H groups in total. The Bertz CT molecular complexity index is 269. The molecule has 0 aromatic carbocycles. The molecule has 0 heterocycles. The van der Waals surface area contributed by atoms with Gasteiger partial charge in [0.05, 0.1) is 0 Å². The van der Waals surface area contributed by atoms with Gasteiger partial charge in [-0.15, -0.1) is 78.9 Å². The van der Waals surface area contributed by atoms with Crippen LogP contribution in [0.4, 0.5) is 0 Å². The summed E-state index contributed by atoms with van der Waals surface area (Å²) in [5, 5.41) is 0. The fourth-order valence-corrected chi connectivity index (χ4v) is 2.55. The SMILES string of the molecule is C.C.C.C.C.C.C.C.C.C=C.C=C.C=C.C=C.C=C.C=C.CC.CC.CC.CC.CC.CC.CCCCCCOCCCC.CCCCCCOCCCC.CCCCOCCCC. The van der Waals surface area contributed by atoms with Gasteiger partial charge in [-0.25, -0.2) is 0 Å². The van der Waals surface area contributed by atoms with E-state index in [-0.39, 0.29) is 66.8 Å². The summed E-state index contributed by atoms with van der Waals surface area (Å²) in [6, 6.07) is 0. The fourth-order valence-electron chi connectivity index (χ4n) is 2.55. The van der Waals surface area contributed by atoms with Gasteiger partial charge in [-0.3, -0.25) is 0 Å². The average molecular weight is 940 g/mol. The molecule has 3 heteroatoms. The van der Waals surface area contributed by atoms with E-state index in [0.29, 0.717) is 0 Å². The molecule has 0 amide bonds. The van der Waals surface area contributed by atoms with Crippen LogP contribution in [0.15, 0.2) is 78.9 Å². The molecule has 3 nitrogen and oxygen atoms in total. The molecule has 0 spiro atoms. The lowest BCUT2D eigenvalue weighted by atomic mass is 10.2. The maximum Gasteiger partial charge on any atom is 0.0466 e. The highest BCUT2D eigenvalue weighted by atomic mass is 16.5. The van der Waals surface area contributed by atoms with E-state index in [1.807, 2.05) is 83.1 Å². The lowest BCUT2D eigenvalue weighted by molar-refractivity contribution is 0.127. The number of rotatable bonds is 22. The maximum absolute atomic E-state index is 5.42. The third-order valence-corrected chi connectivity index (χ3v) is 4.85. The van der Waals surface area contributed by atoms with Crippen molar-refractivity contribution in [1.82, 2.24) is 0 Å². The Morgan fingerprint density at radius 3 is 0.406 bits per heavy atom. The van der Waals surface area contributed by atoms with Crippen molar-refractivity contribution < 1.29 is 14.2 Å². The predicted octanol–water partition coefficient (Wildman–Crippen LogP) is 26.1. The van der Waals surface area contributed by atoms with Gasteiger partial charge in [0.2, 0.25) is 0 Å². The molecule has 0 aromatic heterocycles. The topological polar surface area (TPSA) is 27.7 Å². The molecule has 0 rings (SSSR count). The molecular weight excluding hydrogens is 781 g/mol. The summed E-state index contributed by atoms with van der Waals surface area (Å²) in [6.07, 6.45) is 20.3. The van der Waals surface area contributed by atoms with Gasteiger partial charge in [0, 0.05) is 39.6 Å². The standard InChI is InChI=1S/2C10H22O.C8H18O.6C2H6.6C2H4.9CH4/c2*1-3-5-7-8-10-11-9-6-4-2;1-3-5-7-9-8-6-4-2;12*1-2;;;;;;;;;/h2*3-10H2,1-2H3;3-8H2,1-2H3;6*1-2H3;6*1-2H2;9*1H4. The number of hydrogen-bond acceptors (Lipinski definition) is 3. The first-order valence-electron chi connectivity index (χ1n) is 23.0. The van der Waals surface area contributed by atoms with Crippen molar-refractivity contribution in [1.29, 1.82) is 0 Å². The Kier molecular flexibility index (Phi) is 1020. The lowest BCUT2D eigenvalue weighted by Crippen LogP contribution is -1.96. The average Bonchev–Trinajstić information content (AvgIpc) is 3.31. The Balaban J connectivity index is -0.0000000130.